The average Bonchev–Trinajstić information content (AvgIpc) is 2.64. The number of hydrogen-bond acceptors (Lipinski definition) is 5. The van der Waals surface area contributed by atoms with Crippen molar-refractivity contribution in [1.29, 1.82) is 5.26 Å². The number of methoxy groups -OCH3 is 1. The molecule has 0 aliphatic heterocycles. The van der Waals surface area contributed by atoms with Gasteiger partial charge in [0.05, 0.1) is 24.3 Å². The summed E-state index contributed by atoms with van der Waals surface area (Å²) in [5, 5.41) is 11.5. The van der Waals surface area contributed by atoms with Crippen molar-refractivity contribution in [3.63, 3.8) is 0 Å². The smallest absolute Gasteiger partial charge is 0.255 e. The first-order valence-electron chi connectivity index (χ1n) is 7.46. The lowest BCUT2D eigenvalue weighted by Crippen LogP contribution is -2.29. The molecule has 0 aliphatic rings. The van der Waals surface area contributed by atoms with Crippen LogP contribution in [0.3, 0.4) is 0 Å². The summed E-state index contributed by atoms with van der Waals surface area (Å²) >= 11 is 0. The third-order valence-corrected chi connectivity index (χ3v) is 3.34. The van der Waals surface area contributed by atoms with Crippen LogP contribution in [0.2, 0.25) is 0 Å². The van der Waals surface area contributed by atoms with Gasteiger partial charge < -0.3 is 20.5 Å². The Labute approximate surface area is 140 Å². The van der Waals surface area contributed by atoms with E-state index in [1.54, 1.807) is 30.3 Å². The van der Waals surface area contributed by atoms with Crippen LogP contribution in [-0.4, -0.2) is 26.1 Å². The Morgan fingerprint density at radius 3 is 2.62 bits per heavy atom. The Kier molecular flexibility index (Phi) is 6.17. The lowest BCUT2D eigenvalue weighted by Gasteiger charge is -2.12. The molecule has 0 spiro atoms. The highest BCUT2D eigenvalue weighted by atomic mass is 16.5. The van der Waals surface area contributed by atoms with Crippen LogP contribution < -0.4 is 20.5 Å². The minimum Gasteiger partial charge on any atom is -0.496 e. The topological polar surface area (TPSA) is 97.4 Å². The number of carbonyl (C=O) groups excluding carboxylic acids is 1. The third-order valence-electron chi connectivity index (χ3n) is 3.34. The summed E-state index contributed by atoms with van der Waals surface area (Å²) < 4.78 is 11.0. The largest absolute Gasteiger partial charge is 0.496 e. The van der Waals surface area contributed by atoms with Crippen LogP contribution in [0.5, 0.6) is 11.5 Å². The Balaban J connectivity index is 2.05. The van der Waals surface area contributed by atoms with Gasteiger partial charge in [-0.15, -0.1) is 0 Å². The van der Waals surface area contributed by atoms with Crippen molar-refractivity contribution in [3.8, 4) is 17.6 Å². The van der Waals surface area contributed by atoms with Gasteiger partial charge in [-0.05, 0) is 29.8 Å². The molecule has 6 nitrogen and oxygen atoms in total. The second kappa shape index (κ2) is 8.56. The van der Waals surface area contributed by atoms with Gasteiger partial charge in [-0.25, -0.2) is 0 Å². The molecule has 2 aromatic carbocycles. The van der Waals surface area contributed by atoms with Gasteiger partial charge in [0.15, 0.2) is 0 Å². The summed E-state index contributed by atoms with van der Waals surface area (Å²) in [6.07, 6.45) is 0. The SMILES string of the molecule is COc1cc(OCc2ccc(C#N)cc2)ccc1C(=O)NCCN. The molecule has 2 aromatic rings. The van der Waals surface area contributed by atoms with Crippen LogP contribution >= 0.6 is 0 Å². The Morgan fingerprint density at radius 2 is 2.00 bits per heavy atom. The maximum atomic E-state index is 12.0. The van der Waals surface area contributed by atoms with Gasteiger partial charge in [0.25, 0.3) is 5.91 Å². The average molecular weight is 325 g/mol. The van der Waals surface area contributed by atoms with Crippen molar-refractivity contribution < 1.29 is 14.3 Å². The zero-order chi connectivity index (χ0) is 17.4. The second-order valence-corrected chi connectivity index (χ2v) is 5.00. The molecule has 0 aromatic heterocycles. The third kappa shape index (κ3) is 4.48. The van der Waals surface area contributed by atoms with E-state index in [1.807, 2.05) is 12.1 Å². The van der Waals surface area contributed by atoms with Gasteiger partial charge >= 0.3 is 0 Å². The number of nitrogens with one attached hydrogen (secondary N) is 1. The zero-order valence-electron chi connectivity index (χ0n) is 13.4. The van der Waals surface area contributed by atoms with Gasteiger partial charge in [0.2, 0.25) is 0 Å². The van der Waals surface area contributed by atoms with Crippen LogP contribution in [0.25, 0.3) is 0 Å². The van der Waals surface area contributed by atoms with E-state index in [0.717, 1.165) is 5.56 Å². The minimum absolute atomic E-state index is 0.240. The van der Waals surface area contributed by atoms with E-state index in [9.17, 15) is 4.79 Å². The zero-order valence-corrected chi connectivity index (χ0v) is 13.4. The lowest BCUT2D eigenvalue weighted by atomic mass is 10.1. The fourth-order valence-electron chi connectivity index (χ4n) is 2.07. The highest BCUT2D eigenvalue weighted by Gasteiger charge is 2.12. The minimum atomic E-state index is -0.240. The van der Waals surface area contributed by atoms with E-state index in [0.29, 0.717) is 42.3 Å². The number of rotatable bonds is 7. The number of nitrogens with two attached hydrogens (primary N) is 1. The molecular formula is C18H19N3O3. The summed E-state index contributed by atoms with van der Waals surface area (Å²) in [5.74, 6) is 0.782. The number of hydrogen-bond donors (Lipinski definition) is 2. The number of benzene rings is 2. The van der Waals surface area contributed by atoms with Crippen molar-refractivity contribution in [3.05, 3.63) is 59.2 Å². The van der Waals surface area contributed by atoms with Crippen molar-refractivity contribution in [2.75, 3.05) is 20.2 Å². The maximum absolute atomic E-state index is 12.0. The monoisotopic (exact) mass is 325 g/mol. The molecule has 0 saturated heterocycles. The van der Waals surface area contributed by atoms with E-state index in [-0.39, 0.29) is 5.91 Å². The van der Waals surface area contributed by atoms with Gasteiger partial charge in [-0.1, -0.05) is 12.1 Å². The predicted octanol–water partition coefficient (Wildman–Crippen LogP) is 1.83. The molecule has 0 aliphatic carbocycles. The molecule has 0 bridgehead atoms. The summed E-state index contributed by atoms with van der Waals surface area (Å²) in [5.41, 5.74) is 7.35. The maximum Gasteiger partial charge on any atom is 0.255 e. The van der Waals surface area contributed by atoms with Crippen molar-refractivity contribution in [2.24, 2.45) is 5.73 Å². The Hall–Kier alpha value is -3.04. The molecule has 0 heterocycles. The molecular weight excluding hydrogens is 306 g/mol. The van der Waals surface area contributed by atoms with E-state index >= 15 is 0 Å². The van der Waals surface area contributed by atoms with Crippen molar-refractivity contribution >= 4 is 5.91 Å². The molecule has 0 saturated carbocycles. The van der Waals surface area contributed by atoms with Crippen LogP contribution in [0.4, 0.5) is 0 Å². The summed E-state index contributed by atoms with van der Waals surface area (Å²) in [6.45, 7) is 1.13. The quantitative estimate of drug-likeness (QED) is 0.809. The van der Waals surface area contributed by atoms with Gasteiger partial charge in [0, 0.05) is 19.2 Å². The first-order chi connectivity index (χ1) is 11.7. The van der Waals surface area contributed by atoms with E-state index in [1.165, 1.54) is 7.11 Å². The molecule has 0 atom stereocenters. The summed E-state index contributed by atoms with van der Waals surface area (Å²) in [6, 6.07) is 14.3. The number of ether oxygens (including phenoxy) is 2. The molecule has 3 N–H and O–H groups in total. The van der Waals surface area contributed by atoms with Crippen LogP contribution in [0.15, 0.2) is 42.5 Å². The van der Waals surface area contributed by atoms with Gasteiger partial charge in [-0.3, -0.25) is 4.79 Å². The molecule has 1 amide bonds. The fourth-order valence-corrected chi connectivity index (χ4v) is 2.07. The fraction of sp³-hybridized carbons (Fsp3) is 0.222. The molecule has 6 heteroatoms. The molecule has 0 unspecified atom stereocenters. The molecule has 0 fully saturated rings. The van der Waals surface area contributed by atoms with E-state index in [4.69, 9.17) is 20.5 Å². The molecule has 0 radical (unpaired) electrons. The first kappa shape index (κ1) is 17.3. The highest BCUT2D eigenvalue weighted by Crippen LogP contribution is 2.25. The molecule has 2 rings (SSSR count). The van der Waals surface area contributed by atoms with Crippen molar-refractivity contribution in [2.45, 2.75) is 6.61 Å². The molecule has 124 valence electrons. The highest BCUT2D eigenvalue weighted by molar-refractivity contribution is 5.97. The number of nitrogens with zero attached hydrogens (tertiary/aromatic N) is 1. The van der Waals surface area contributed by atoms with Gasteiger partial charge in [0.1, 0.15) is 18.1 Å². The number of carbonyl (C=O) groups is 1. The van der Waals surface area contributed by atoms with Crippen molar-refractivity contribution in [1.82, 2.24) is 5.32 Å². The Bertz CT molecular complexity index is 736. The predicted molar refractivity (Wildman–Crippen MR) is 89.9 cm³/mol. The molecule has 24 heavy (non-hydrogen) atoms. The number of nitriles is 1. The summed E-state index contributed by atoms with van der Waals surface area (Å²) in [4.78, 5) is 12.0. The van der Waals surface area contributed by atoms with E-state index in [2.05, 4.69) is 11.4 Å². The summed E-state index contributed by atoms with van der Waals surface area (Å²) in [7, 11) is 1.50. The standard InChI is InChI=1S/C18H19N3O3/c1-23-17-10-15(6-7-16(17)18(22)21-9-8-19)24-12-14-4-2-13(11-20)3-5-14/h2-7,10H,8-9,12,19H2,1H3,(H,21,22). The second-order valence-electron chi connectivity index (χ2n) is 5.00. The first-order valence-corrected chi connectivity index (χ1v) is 7.46. The van der Waals surface area contributed by atoms with Crippen LogP contribution in [-0.2, 0) is 6.61 Å². The lowest BCUT2D eigenvalue weighted by molar-refractivity contribution is 0.0951. The Morgan fingerprint density at radius 1 is 1.25 bits per heavy atom. The van der Waals surface area contributed by atoms with Gasteiger partial charge in [-0.2, -0.15) is 5.26 Å². The van der Waals surface area contributed by atoms with Crippen LogP contribution in [0, 0.1) is 11.3 Å². The van der Waals surface area contributed by atoms with E-state index < -0.39 is 0 Å². The number of amides is 1. The van der Waals surface area contributed by atoms with Crippen LogP contribution in [0.1, 0.15) is 21.5 Å². The normalized spacial score (nSPS) is 9.88.